The summed E-state index contributed by atoms with van der Waals surface area (Å²) < 4.78 is 30.7. The molecule has 7 nitrogen and oxygen atoms in total. The molecule has 0 radical (unpaired) electrons. The van der Waals surface area contributed by atoms with Gasteiger partial charge in [0.2, 0.25) is 5.91 Å². The second-order valence-corrected chi connectivity index (χ2v) is 7.39. The fraction of sp³-hybridized carbons (Fsp3) is 0.286. The van der Waals surface area contributed by atoms with E-state index in [4.69, 9.17) is 0 Å². The molecule has 0 aliphatic rings. The lowest BCUT2D eigenvalue weighted by Crippen LogP contribution is -2.47. The smallest absolute Gasteiger partial charge is 0.328 e. The number of carbonyl (C=O) groups excluding carboxylic acids is 2. The number of rotatable bonds is 5. The van der Waals surface area contributed by atoms with Crippen LogP contribution in [0.4, 0.5) is 14.5 Å². The van der Waals surface area contributed by atoms with Gasteiger partial charge in [-0.1, -0.05) is 19.9 Å². The monoisotopic (exact) mass is 416 g/mol. The lowest BCUT2D eigenvalue weighted by molar-refractivity contribution is -0.118. The molecule has 2 amide bonds. The maximum absolute atomic E-state index is 13.9. The zero-order chi connectivity index (χ0) is 22.2. The van der Waals surface area contributed by atoms with Crippen molar-refractivity contribution in [2.24, 2.45) is 20.0 Å². The Morgan fingerprint density at radius 2 is 1.57 bits per heavy atom. The van der Waals surface area contributed by atoms with E-state index in [0.29, 0.717) is 16.7 Å². The third kappa shape index (κ3) is 3.83. The number of nitrogens with one attached hydrogen (secondary N) is 2. The molecule has 2 aromatic carbocycles. The molecule has 3 rings (SSSR count). The lowest BCUT2D eigenvalue weighted by Gasteiger charge is -2.22. The fourth-order valence-corrected chi connectivity index (χ4v) is 3.27. The largest absolute Gasteiger partial charge is 0.340 e. The third-order valence-electron chi connectivity index (χ3n) is 4.97. The minimum absolute atomic E-state index is 0.201. The molecule has 0 spiro atoms. The van der Waals surface area contributed by atoms with Crippen LogP contribution in [0.25, 0.3) is 11.0 Å². The van der Waals surface area contributed by atoms with Crippen LogP contribution in [-0.2, 0) is 18.9 Å². The number of anilines is 1. The van der Waals surface area contributed by atoms with Gasteiger partial charge in [-0.05, 0) is 36.2 Å². The van der Waals surface area contributed by atoms with Crippen LogP contribution in [0.3, 0.4) is 0 Å². The van der Waals surface area contributed by atoms with Crippen LogP contribution >= 0.6 is 0 Å². The first-order valence-corrected chi connectivity index (χ1v) is 9.33. The number of benzene rings is 2. The van der Waals surface area contributed by atoms with Crippen LogP contribution in [0.2, 0.25) is 0 Å². The van der Waals surface area contributed by atoms with Crippen molar-refractivity contribution in [3.05, 3.63) is 64.1 Å². The lowest BCUT2D eigenvalue weighted by atomic mass is 10.0. The summed E-state index contributed by atoms with van der Waals surface area (Å²) in [7, 11) is 3.27. The predicted octanol–water partition coefficient (Wildman–Crippen LogP) is 2.55. The number of aromatic nitrogens is 2. The summed E-state index contributed by atoms with van der Waals surface area (Å²) in [4.78, 5) is 37.3. The molecule has 0 unspecified atom stereocenters. The Kier molecular flexibility index (Phi) is 5.73. The average Bonchev–Trinajstić information content (AvgIpc) is 2.89. The molecular weight excluding hydrogens is 394 g/mol. The van der Waals surface area contributed by atoms with Gasteiger partial charge in [-0.2, -0.15) is 0 Å². The van der Waals surface area contributed by atoms with Crippen LogP contribution in [0.5, 0.6) is 0 Å². The van der Waals surface area contributed by atoms with E-state index in [1.165, 1.54) is 9.13 Å². The van der Waals surface area contributed by atoms with Gasteiger partial charge in [0.25, 0.3) is 5.91 Å². The molecule has 0 saturated carbocycles. The number of hydrogen-bond acceptors (Lipinski definition) is 3. The van der Waals surface area contributed by atoms with Crippen molar-refractivity contribution in [3.8, 4) is 0 Å². The van der Waals surface area contributed by atoms with Gasteiger partial charge in [0.1, 0.15) is 23.2 Å². The highest BCUT2D eigenvalue weighted by atomic mass is 19.1. The van der Waals surface area contributed by atoms with Crippen molar-refractivity contribution in [2.75, 3.05) is 5.32 Å². The van der Waals surface area contributed by atoms with E-state index in [1.54, 1.807) is 46.1 Å². The first-order chi connectivity index (χ1) is 14.1. The van der Waals surface area contributed by atoms with E-state index < -0.39 is 35.1 Å². The number of fused-ring (bicyclic) bond motifs is 1. The Morgan fingerprint density at radius 3 is 2.17 bits per heavy atom. The Labute approximate surface area is 171 Å². The normalized spacial score (nSPS) is 12.2. The van der Waals surface area contributed by atoms with E-state index in [1.807, 2.05) is 0 Å². The van der Waals surface area contributed by atoms with Crippen LogP contribution in [0.15, 0.2) is 41.2 Å². The molecule has 9 heteroatoms. The molecule has 0 aliphatic carbocycles. The maximum atomic E-state index is 13.9. The van der Waals surface area contributed by atoms with Crippen molar-refractivity contribution in [1.29, 1.82) is 0 Å². The van der Waals surface area contributed by atoms with E-state index in [2.05, 4.69) is 10.6 Å². The van der Waals surface area contributed by atoms with Gasteiger partial charge < -0.3 is 10.6 Å². The van der Waals surface area contributed by atoms with Crippen LogP contribution in [0, 0.1) is 17.6 Å². The minimum Gasteiger partial charge on any atom is -0.340 e. The highest BCUT2D eigenvalue weighted by Crippen LogP contribution is 2.19. The molecular formula is C21H22F2N4O3. The highest BCUT2D eigenvalue weighted by Gasteiger charge is 2.27. The SMILES string of the molecule is CC(C)[C@H](NC(=O)c1c(F)cccc1F)C(=O)Nc1ccc2c(c1)n(C)c(=O)n2C. The second-order valence-electron chi connectivity index (χ2n) is 7.39. The molecule has 0 fully saturated rings. The third-order valence-corrected chi connectivity index (χ3v) is 4.97. The van der Waals surface area contributed by atoms with Crippen LogP contribution in [-0.4, -0.2) is 27.0 Å². The van der Waals surface area contributed by atoms with Gasteiger partial charge in [-0.15, -0.1) is 0 Å². The fourth-order valence-electron chi connectivity index (χ4n) is 3.27. The zero-order valence-electron chi connectivity index (χ0n) is 17.0. The van der Waals surface area contributed by atoms with Crippen molar-refractivity contribution in [3.63, 3.8) is 0 Å². The molecule has 1 atom stereocenters. The topological polar surface area (TPSA) is 85.1 Å². The number of hydrogen-bond donors (Lipinski definition) is 2. The molecule has 0 saturated heterocycles. The Balaban J connectivity index is 1.84. The Bertz CT molecular complexity index is 1180. The van der Waals surface area contributed by atoms with Gasteiger partial charge in [0, 0.05) is 19.8 Å². The summed E-state index contributed by atoms with van der Waals surface area (Å²) in [6, 6.07) is 7.04. The van der Waals surface area contributed by atoms with E-state index in [9.17, 15) is 23.2 Å². The maximum Gasteiger partial charge on any atom is 0.328 e. The molecule has 1 heterocycles. The molecule has 158 valence electrons. The number of imidazole rings is 1. The number of aryl methyl sites for hydroxylation is 2. The standard InChI is InChI=1S/C21H22F2N4O3/c1-11(2)18(25-19(28)17-13(22)6-5-7-14(17)23)20(29)24-12-8-9-15-16(10-12)27(4)21(30)26(15)3/h5-11,18H,1-4H3,(H,24,29)(H,25,28)/t18-/m0/s1. The van der Waals surface area contributed by atoms with E-state index in [-0.39, 0.29) is 11.6 Å². The zero-order valence-corrected chi connectivity index (χ0v) is 17.0. The van der Waals surface area contributed by atoms with E-state index >= 15 is 0 Å². The van der Waals surface area contributed by atoms with Crippen LogP contribution < -0.4 is 16.3 Å². The van der Waals surface area contributed by atoms with Crippen LogP contribution in [0.1, 0.15) is 24.2 Å². The van der Waals surface area contributed by atoms with Crippen molar-refractivity contribution in [1.82, 2.24) is 14.5 Å². The van der Waals surface area contributed by atoms with Crippen molar-refractivity contribution >= 4 is 28.5 Å². The number of carbonyl (C=O) groups is 2. The highest BCUT2D eigenvalue weighted by molar-refractivity contribution is 6.02. The average molecular weight is 416 g/mol. The van der Waals surface area contributed by atoms with Gasteiger partial charge >= 0.3 is 5.69 Å². The van der Waals surface area contributed by atoms with Gasteiger partial charge in [0.15, 0.2) is 0 Å². The van der Waals surface area contributed by atoms with Gasteiger partial charge in [-0.3, -0.25) is 18.7 Å². The Hall–Kier alpha value is -3.49. The van der Waals surface area contributed by atoms with Crippen molar-refractivity contribution in [2.45, 2.75) is 19.9 Å². The second kappa shape index (κ2) is 8.10. The molecule has 3 aromatic rings. The summed E-state index contributed by atoms with van der Waals surface area (Å²) in [6.07, 6.45) is 0. The summed E-state index contributed by atoms with van der Waals surface area (Å²) in [5, 5.41) is 5.10. The minimum atomic E-state index is -1.04. The molecule has 30 heavy (non-hydrogen) atoms. The number of nitrogens with zero attached hydrogens (tertiary/aromatic N) is 2. The molecule has 0 bridgehead atoms. The summed E-state index contributed by atoms with van der Waals surface area (Å²) in [5.74, 6) is -3.93. The first kappa shape index (κ1) is 21.2. The number of amides is 2. The number of halogens is 2. The quantitative estimate of drug-likeness (QED) is 0.670. The van der Waals surface area contributed by atoms with Crippen molar-refractivity contribution < 1.29 is 18.4 Å². The molecule has 1 aromatic heterocycles. The summed E-state index contributed by atoms with van der Waals surface area (Å²) in [6.45, 7) is 3.40. The van der Waals surface area contributed by atoms with E-state index in [0.717, 1.165) is 18.2 Å². The first-order valence-electron chi connectivity index (χ1n) is 9.33. The van der Waals surface area contributed by atoms with Gasteiger partial charge in [0.05, 0.1) is 11.0 Å². The summed E-state index contributed by atoms with van der Waals surface area (Å²) in [5.41, 5.74) is 0.804. The Morgan fingerprint density at radius 1 is 0.967 bits per heavy atom. The molecule has 2 N–H and O–H groups in total. The summed E-state index contributed by atoms with van der Waals surface area (Å²) >= 11 is 0. The predicted molar refractivity (Wildman–Crippen MR) is 109 cm³/mol. The van der Waals surface area contributed by atoms with Gasteiger partial charge in [-0.25, -0.2) is 13.6 Å². The molecule has 0 aliphatic heterocycles.